The fourth-order valence-electron chi connectivity index (χ4n) is 3.52. The highest BCUT2D eigenvalue weighted by molar-refractivity contribution is 7.12. The van der Waals surface area contributed by atoms with E-state index in [0.29, 0.717) is 16.5 Å². The van der Waals surface area contributed by atoms with Crippen LogP contribution in [0.3, 0.4) is 0 Å². The number of thiazole rings is 1. The number of H-pyrrole nitrogens is 1. The van der Waals surface area contributed by atoms with Crippen LogP contribution >= 0.6 is 11.3 Å². The van der Waals surface area contributed by atoms with E-state index in [1.165, 1.54) is 16.0 Å². The summed E-state index contributed by atoms with van der Waals surface area (Å²) < 4.78 is 6.65. The highest BCUT2D eigenvalue weighted by atomic mass is 32.1. The van der Waals surface area contributed by atoms with Gasteiger partial charge in [-0.1, -0.05) is 42.5 Å². The molecule has 0 radical (unpaired) electrons. The van der Waals surface area contributed by atoms with E-state index in [0.717, 1.165) is 28.1 Å². The third-order valence-electron chi connectivity index (χ3n) is 5.26. The summed E-state index contributed by atoms with van der Waals surface area (Å²) in [5.74, 6) is 0.774. The minimum atomic E-state index is -0.314. The Bertz CT molecular complexity index is 1520. The van der Waals surface area contributed by atoms with E-state index in [4.69, 9.17) is 4.74 Å². The topological polar surface area (TPSA) is 84.6 Å². The van der Waals surface area contributed by atoms with Gasteiger partial charge in [0.1, 0.15) is 5.75 Å². The molecule has 7 nitrogen and oxygen atoms in total. The fraction of sp³-hybridized carbons (Fsp3) is 0.0769. The van der Waals surface area contributed by atoms with Crippen molar-refractivity contribution >= 4 is 22.7 Å². The molecular weight excluding hydrogens is 446 g/mol. The molecule has 0 aliphatic heterocycles. The third kappa shape index (κ3) is 4.31. The molecule has 0 aliphatic carbocycles. The van der Waals surface area contributed by atoms with Crippen LogP contribution < -0.4 is 10.3 Å². The number of aryl methyl sites for hydroxylation is 1. The van der Waals surface area contributed by atoms with Crippen molar-refractivity contribution < 1.29 is 4.74 Å². The van der Waals surface area contributed by atoms with Gasteiger partial charge in [0.15, 0.2) is 5.69 Å². The standard InChI is InChI=1S/C26H21N5O2S/c1-17-7-6-10-20(15-17)28-29-24-23(19-8-4-3-5-9-19)30-31(25(24)32)26-27-22(16-34-26)18-11-13-21(33-2)14-12-18/h3-16,30H,1-2H3. The number of aromatic nitrogens is 3. The minimum absolute atomic E-state index is 0.230. The third-order valence-corrected chi connectivity index (χ3v) is 6.09. The Balaban J connectivity index is 1.57. The second-order valence-electron chi connectivity index (χ2n) is 7.62. The highest BCUT2D eigenvalue weighted by Crippen LogP contribution is 2.30. The van der Waals surface area contributed by atoms with Crippen molar-refractivity contribution in [2.24, 2.45) is 10.2 Å². The first-order valence-corrected chi connectivity index (χ1v) is 11.5. The summed E-state index contributed by atoms with van der Waals surface area (Å²) in [6.45, 7) is 1.99. The van der Waals surface area contributed by atoms with Crippen LogP contribution in [-0.4, -0.2) is 21.9 Å². The number of methoxy groups -OCH3 is 1. The van der Waals surface area contributed by atoms with E-state index < -0.39 is 0 Å². The monoisotopic (exact) mass is 467 g/mol. The fourth-order valence-corrected chi connectivity index (χ4v) is 4.31. The van der Waals surface area contributed by atoms with Gasteiger partial charge >= 0.3 is 5.56 Å². The van der Waals surface area contributed by atoms with Crippen molar-refractivity contribution in [3.8, 4) is 33.4 Å². The van der Waals surface area contributed by atoms with Crippen LogP contribution in [0.5, 0.6) is 5.75 Å². The molecule has 0 atom stereocenters. The molecule has 0 amide bonds. The molecule has 3 aromatic carbocycles. The molecular formula is C26H21N5O2S. The lowest BCUT2D eigenvalue weighted by Gasteiger charge is -2.00. The summed E-state index contributed by atoms with van der Waals surface area (Å²) in [7, 11) is 1.63. The first-order valence-electron chi connectivity index (χ1n) is 10.6. The lowest BCUT2D eigenvalue weighted by atomic mass is 10.1. The molecule has 34 heavy (non-hydrogen) atoms. The first kappa shape index (κ1) is 21.5. The summed E-state index contributed by atoms with van der Waals surface area (Å²) in [6.07, 6.45) is 0. The predicted molar refractivity (Wildman–Crippen MR) is 135 cm³/mol. The van der Waals surface area contributed by atoms with Crippen molar-refractivity contribution in [1.29, 1.82) is 0 Å². The largest absolute Gasteiger partial charge is 0.497 e. The number of nitrogens with zero attached hydrogens (tertiary/aromatic N) is 4. The molecule has 168 valence electrons. The molecule has 0 saturated heterocycles. The number of hydrogen-bond acceptors (Lipinski definition) is 6. The van der Waals surface area contributed by atoms with Gasteiger partial charge in [-0.3, -0.25) is 9.89 Å². The van der Waals surface area contributed by atoms with Crippen molar-refractivity contribution in [1.82, 2.24) is 14.8 Å². The molecule has 2 aromatic heterocycles. The smallest absolute Gasteiger partial charge is 0.301 e. The lowest BCUT2D eigenvalue weighted by Crippen LogP contribution is -2.13. The van der Waals surface area contributed by atoms with Gasteiger partial charge in [0, 0.05) is 16.5 Å². The van der Waals surface area contributed by atoms with Crippen molar-refractivity contribution in [2.75, 3.05) is 7.11 Å². The SMILES string of the molecule is COc1ccc(-c2csc(-n3[nH]c(-c4ccccc4)c(N=Nc4cccc(C)c4)c3=O)n2)cc1. The Labute approximate surface area is 200 Å². The van der Waals surface area contributed by atoms with Crippen LogP contribution in [0.25, 0.3) is 27.6 Å². The molecule has 2 heterocycles. The van der Waals surface area contributed by atoms with E-state index in [1.54, 1.807) is 7.11 Å². The van der Waals surface area contributed by atoms with Crippen molar-refractivity contribution in [2.45, 2.75) is 6.92 Å². The summed E-state index contributed by atoms with van der Waals surface area (Å²) in [5, 5.41) is 14.3. The van der Waals surface area contributed by atoms with Gasteiger partial charge in [-0.2, -0.15) is 9.80 Å². The maximum absolute atomic E-state index is 13.4. The Morgan fingerprint density at radius 2 is 1.74 bits per heavy atom. The second-order valence-corrected chi connectivity index (χ2v) is 8.46. The molecule has 5 rings (SSSR count). The van der Waals surface area contributed by atoms with Gasteiger partial charge in [-0.15, -0.1) is 16.5 Å². The summed E-state index contributed by atoms with van der Waals surface area (Å²) in [5.41, 5.74) is 4.80. The van der Waals surface area contributed by atoms with E-state index >= 15 is 0 Å². The van der Waals surface area contributed by atoms with Gasteiger partial charge in [-0.25, -0.2) is 4.98 Å². The van der Waals surface area contributed by atoms with Crippen molar-refractivity contribution in [3.63, 3.8) is 0 Å². The van der Waals surface area contributed by atoms with E-state index in [2.05, 4.69) is 20.3 Å². The predicted octanol–water partition coefficient (Wildman–Crippen LogP) is 6.69. The minimum Gasteiger partial charge on any atom is -0.497 e. The van der Waals surface area contributed by atoms with Gasteiger partial charge in [0.2, 0.25) is 5.13 Å². The van der Waals surface area contributed by atoms with Crippen LogP contribution in [0.4, 0.5) is 11.4 Å². The summed E-state index contributed by atoms with van der Waals surface area (Å²) in [4.78, 5) is 18.1. The Hall–Kier alpha value is -4.30. The Morgan fingerprint density at radius 3 is 2.47 bits per heavy atom. The number of ether oxygens (including phenoxy) is 1. The van der Waals surface area contributed by atoms with E-state index in [-0.39, 0.29) is 11.2 Å². The molecule has 0 unspecified atom stereocenters. The molecule has 8 heteroatoms. The van der Waals surface area contributed by atoms with Crippen LogP contribution in [0.2, 0.25) is 0 Å². The average molecular weight is 468 g/mol. The molecule has 5 aromatic rings. The number of aromatic amines is 1. The zero-order chi connectivity index (χ0) is 23.5. The van der Waals surface area contributed by atoms with Crippen LogP contribution in [0.1, 0.15) is 5.56 Å². The normalized spacial score (nSPS) is 11.2. The van der Waals surface area contributed by atoms with Gasteiger partial charge in [0.25, 0.3) is 0 Å². The van der Waals surface area contributed by atoms with E-state index in [9.17, 15) is 4.79 Å². The maximum Gasteiger partial charge on any atom is 0.301 e. The van der Waals surface area contributed by atoms with Crippen LogP contribution in [-0.2, 0) is 0 Å². The number of azo groups is 1. The van der Waals surface area contributed by atoms with Crippen LogP contribution in [0, 0.1) is 6.92 Å². The van der Waals surface area contributed by atoms with Gasteiger partial charge in [-0.05, 0) is 48.9 Å². The van der Waals surface area contributed by atoms with E-state index in [1.807, 2.05) is 91.2 Å². The zero-order valence-electron chi connectivity index (χ0n) is 18.6. The highest BCUT2D eigenvalue weighted by Gasteiger charge is 2.19. The zero-order valence-corrected chi connectivity index (χ0v) is 19.4. The molecule has 1 N–H and O–H groups in total. The van der Waals surface area contributed by atoms with Crippen molar-refractivity contribution in [3.05, 3.63) is 100 Å². The molecule has 0 fully saturated rings. The second kappa shape index (κ2) is 9.29. The summed E-state index contributed by atoms with van der Waals surface area (Å²) >= 11 is 1.37. The quantitative estimate of drug-likeness (QED) is 0.282. The lowest BCUT2D eigenvalue weighted by molar-refractivity contribution is 0.415. The number of nitrogens with one attached hydrogen (secondary N) is 1. The van der Waals surface area contributed by atoms with Gasteiger partial charge < -0.3 is 4.74 Å². The molecule has 0 aliphatic rings. The first-order chi connectivity index (χ1) is 16.6. The Morgan fingerprint density at radius 1 is 0.941 bits per heavy atom. The number of benzene rings is 3. The van der Waals surface area contributed by atoms with Gasteiger partial charge in [0.05, 0.1) is 24.2 Å². The molecule has 0 saturated carbocycles. The maximum atomic E-state index is 13.4. The number of hydrogen-bond donors (Lipinski definition) is 1. The van der Waals surface area contributed by atoms with Crippen LogP contribution in [0.15, 0.2) is 99.3 Å². The Kier molecular flexibility index (Phi) is 5.88. The molecule has 0 bridgehead atoms. The molecule has 0 spiro atoms. The number of rotatable bonds is 6. The summed E-state index contributed by atoms with van der Waals surface area (Å²) in [6, 6.07) is 24.9. The average Bonchev–Trinajstić information content (AvgIpc) is 3.48.